The van der Waals surface area contributed by atoms with Crippen molar-refractivity contribution >= 4 is 11.9 Å². The van der Waals surface area contributed by atoms with Gasteiger partial charge in [0.1, 0.15) is 5.69 Å². The molecule has 0 aliphatic rings. The molecule has 0 bridgehead atoms. The van der Waals surface area contributed by atoms with Crippen molar-refractivity contribution in [2.24, 2.45) is 0 Å². The van der Waals surface area contributed by atoms with E-state index < -0.39 is 11.9 Å². The third kappa shape index (κ3) is 3.13. The van der Waals surface area contributed by atoms with Crippen LogP contribution >= 0.6 is 0 Å². The number of esters is 2. The molecule has 0 aliphatic carbocycles. The molecular formula is C16H17NO4. The summed E-state index contributed by atoms with van der Waals surface area (Å²) in [5, 5.41) is 0. The number of hydrogen-bond acceptors (Lipinski definition) is 4. The Morgan fingerprint density at radius 1 is 1.00 bits per heavy atom. The van der Waals surface area contributed by atoms with E-state index in [0.29, 0.717) is 11.1 Å². The molecule has 21 heavy (non-hydrogen) atoms. The molecule has 0 atom stereocenters. The first kappa shape index (κ1) is 14.8. The number of aromatic nitrogens is 1. The van der Waals surface area contributed by atoms with Gasteiger partial charge >= 0.3 is 11.9 Å². The molecule has 2 rings (SSSR count). The van der Waals surface area contributed by atoms with Crippen molar-refractivity contribution in [3.05, 3.63) is 47.8 Å². The van der Waals surface area contributed by atoms with Gasteiger partial charge in [0, 0.05) is 11.8 Å². The molecule has 2 aromatic rings. The summed E-state index contributed by atoms with van der Waals surface area (Å²) in [6.07, 6.45) is 1.48. The van der Waals surface area contributed by atoms with Gasteiger partial charge in [-0.3, -0.25) is 0 Å². The minimum absolute atomic E-state index is 0.256. The van der Waals surface area contributed by atoms with Crippen LogP contribution in [0.4, 0.5) is 0 Å². The monoisotopic (exact) mass is 287 g/mol. The Bertz CT molecular complexity index is 595. The van der Waals surface area contributed by atoms with Crippen LogP contribution in [0.2, 0.25) is 0 Å². The molecule has 110 valence electrons. The van der Waals surface area contributed by atoms with E-state index in [4.69, 9.17) is 9.47 Å². The third-order valence-electron chi connectivity index (χ3n) is 2.92. The zero-order valence-electron chi connectivity index (χ0n) is 12.0. The Balaban J connectivity index is 2.53. The SMILES string of the molecule is CCOC(=O)c1c[nH]c(C(=O)OCC)c1-c1ccccc1. The largest absolute Gasteiger partial charge is 0.462 e. The van der Waals surface area contributed by atoms with Gasteiger partial charge in [-0.2, -0.15) is 0 Å². The topological polar surface area (TPSA) is 68.4 Å². The summed E-state index contributed by atoms with van der Waals surface area (Å²) in [5.41, 5.74) is 1.84. The lowest BCUT2D eigenvalue weighted by atomic mass is 10.0. The normalized spacial score (nSPS) is 10.2. The number of rotatable bonds is 5. The van der Waals surface area contributed by atoms with Gasteiger partial charge in [-0.15, -0.1) is 0 Å². The molecule has 0 radical (unpaired) electrons. The van der Waals surface area contributed by atoms with Gasteiger partial charge in [-0.25, -0.2) is 9.59 Å². The van der Waals surface area contributed by atoms with Crippen LogP contribution in [0.5, 0.6) is 0 Å². The van der Waals surface area contributed by atoms with Crippen molar-refractivity contribution < 1.29 is 19.1 Å². The highest BCUT2D eigenvalue weighted by atomic mass is 16.5. The van der Waals surface area contributed by atoms with Gasteiger partial charge in [-0.05, 0) is 19.4 Å². The zero-order valence-corrected chi connectivity index (χ0v) is 12.0. The maximum absolute atomic E-state index is 12.0. The van der Waals surface area contributed by atoms with Gasteiger partial charge in [0.15, 0.2) is 0 Å². The minimum Gasteiger partial charge on any atom is -0.462 e. The van der Waals surface area contributed by atoms with Crippen LogP contribution in [0.25, 0.3) is 11.1 Å². The lowest BCUT2D eigenvalue weighted by Gasteiger charge is -2.07. The van der Waals surface area contributed by atoms with Crippen molar-refractivity contribution in [3.63, 3.8) is 0 Å². The highest BCUT2D eigenvalue weighted by molar-refractivity contribution is 6.05. The summed E-state index contributed by atoms with van der Waals surface area (Å²) in [6.45, 7) is 4.00. The average Bonchev–Trinajstić information content (AvgIpc) is 2.93. The number of ether oxygens (including phenoxy) is 2. The van der Waals surface area contributed by atoms with E-state index in [1.165, 1.54) is 6.20 Å². The number of nitrogens with one attached hydrogen (secondary N) is 1. The smallest absolute Gasteiger partial charge is 0.355 e. The summed E-state index contributed by atoms with van der Waals surface area (Å²) in [5.74, 6) is -0.963. The summed E-state index contributed by atoms with van der Waals surface area (Å²) < 4.78 is 10.1. The second-order valence-electron chi connectivity index (χ2n) is 4.26. The Morgan fingerprint density at radius 2 is 1.62 bits per heavy atom. The lowest BCUT2D eigenvalue weighted by Crippen LogP contribution is -2.09. The van der Waals surface area contributed by atoms with Crippen LogP contribution in [-0.2, 0) is 9.47 Å². The van der Waals surface area contributed by atoms with E-state index in [1.807, 2.05) is 30.3 Å². The molecular weight excluding hydrogens is 270 g/mol. The van der Waals surface area contributed by atoms with Crippen molar-refractivity contribution in [1.82, 2.24) is 4.98 Å². The van der Waals surface area contributed by atoms with E-state index in [0.717, 1.165) is 5.56 Å². The summed E-state index contributed by atoms with van der Waals surface area (Å²) >= 11 is 0. The van der Waals surface area contributed by atoms with Crippen molar-refractivity contribution in [1.29, 1.82) is 0 Å². The molecule has 0 saturated heterocycles. The van der Waals surface area contributed by atoms with Crippen molar-refractivity contribution in [2.45, 2.75) is 13.8 Å². The first-order chi connectivity index (χ1) is 10.2. The minimum atomic E-state index is -0.494. The second-order valence-corrected chi connectivity index (χ2v) is 4.26. The highest BCUT2D eigenvalue weighted by Gasteiger charge is 2.24. The number of benzene rings is 1. The second kappa shape index (κ2) is 6.74. The molecule has 1 N–H and O–H groups in total. The number of carbonyl (C=O) groups excluding carboxylic acids is 2. The van der Waals surface area contributed by atoms with E-state index in [2.05, 4.69) is 4.98 Å². The molecule has 0 spiro atoms. The van der Waals surface area contributed by atoms with Gasteiger partial charge in [0.2, 0.25) is 0 Å². The summed E-state index contributed by atoms with van der Waals surface area (Å²) in [6, 6.07) is 9.20. The fraction of sp³-hybridized carbons (Fsp3) is 0.250. The number of hydrogen-bond donors (Lipinski definition) is 1. The fourth-order valence-electron chi connectivity index (χ4n) is 2.06. The van der Waals surface area contributed by atoms with Crippen LogP contribution < -0.4 is 0 Å². The van der Waals surface area contributed by atoms with Crippen LogP contribution in [0, 0.1) is 0 Å². The van der Waals surface area contributed by atoms with Gasteiger partial charge < -0.3 is 14.5 Å². The summed E-state index contributed by atoms with van der Waals surface area (Å²) in [7, 11) is 0. The van der Waals surface area contributed by atoms with E-state index in [1.54, 1.807) is 13.8 Å². The third-order valence-corrected chi connectivity index (χ3v) is 2.92. The van der Waals surface area contributed by atoms with Gasteiger partial charge in [0.25, 0.3) is 0 Å². The fourth-order valence-corrected chi connectivity index (χ4v) is 2.06. The van der Waals surface area contributed by atoms with Crippen molar-refractivity contribution in [3.8, 4) is 11.1 Å². The highest BCUT2D eigenvalue weighted by Crippen LogP contribution is 2.28. The Morgan fingerprint density at radius 3 is 2.24 bits per heavy atom. The molecule has 0 unspecified atom stereocenters. The zero-order chi connectivity index (χ0) is 15.2. The first-order valence-corrected chi connectivity index (χ1v) is 6.80. The predicted octanol–water partition coefficient (Wildman–Crippen LogP) is 3.04. The molecule has 5 nitrogen and oxygen atoms in total. The van der Waals surface area contributed by atoms with Crippen LogP contribution in [0.1, 0.15) is 34.7 Å². The van der Waals surface area contributed by atoms with Crippen LogP contribution in [0.15, 0.2) is 36.5 Å². The van der Waals surface area contributed by atoms with Crippen LogP contribution in [-0.4, -0.2) is 30.1 Å². The van der Waals surface area contributed by atoms with E-state index in [-0.39, 0.29) is 18.9 Å². The van der Waals surface area contributed by atoms with Gasteiger partial charge in [-0.1, -0.05) is 30.3 Å². The average molecular weight is 287 g/mol. The Hall–Kier alpha value is -2.56. The van der Waals surface area contributed by atoms with E-state index >= 15 is 0 Å². The standard InChI is InChI=1S/C16H17NO4/c1-3-20-15(18)12-10-17-14(16(19)21-4-2)13(12)11-8-6-5-7-9-11/h5-10,17H,3-4H2,1-2H3. The molecule has 1 aromatic heterocycles. The Labute approximate surface area is 122 Å². The van der Waals surface area contributed by atoms with Gasteiger partial charge in [0.05, 0.1) is 18.8 Å². The quantitative estimate of drug-likeness (QED) is 0.858. The molecule has 0 fully saturated rings. The maximum Gasteiger partial charge on any atom is 0.355 e. The summed E-state index contributed by atoms with van der Waals surface area (Å²) in [4.78, 5) is 26.9. The van der Waals surface area contributed by atoms with Crippen molar-refractivity contribution in [2.75, 3.05) is 13.2 Å². The number of H-pyrrole nitrogens is 1. The Kier molecular flexibility index (Phi) is 4.77. The molecule has 1 heterocycles. The maximum atomic E-state index is 12.0. The molecule has 0 saturated carbocycles. The molecule has 1 aromatic carbocycles. The lowest BCUT2D eigenvalue weighted by molar-refractivity contribution is 0.0519. The molecule has 0 aliphatic heterocycles. The number of aromatic amines is 1. The number of carbonyl (C=O) groups is 2. The van der Waals surface area contributed by atoms with Crippen LogP contribution in [0.3, 0.4) is 0 Å². The first-order valence-electron chi connectivity index (χ1n) is 6.80. The van der Waals surface area contributed by atoms with E-state index in [9.17, 15) is 9.59 Å². The predicted molar refractivity (Wildman–Crippen MR) is 78.1 cm³/mol. The molecule has 0 amide bonds. The molecule has 5 heteroatoms.